The third-order valence-corrected chi connectivity index (χ3v) is 2.65. The quantitative estimate of drug-likeness (QED) is 0.839. The fourth-order valence-corrected chi connectivity index (χ4v) is 1.64. The van der Waals surface area contributed by atoms with E-state index in [1.165, 1.54) is 12.1 Å². The van der Waals surface area contributed by atoms with Crippen molar-refractivity contribution in [3.05, 3.63) is 35.4 Å². The number of thioether (sulfide) groups is 1. The van der Waals surface area contributed by atoms with Crippen LogP contribution in [-0.2, 0) is 0 Å². The van der Waals surface area contributed by atoms with Crippen LogP contribution in [0.4, 0.5) is 8.78 Å². The number of nitrogens with two attached hydrogens (primary N) is 1. The summed E-state index contributed by atoms with van der Waals surface area (Å²) in [5.74, 6) is -0.743. The molecule has 1 aromatic rings. The van der Waals surface area contributed by atoms with Crippen molar-refractivity contribution in [3.8, 4) is 0 Å². The molecule has 1 atom stereocenters. The lowest BCUT2D eigenvalue weighted by Gasteiger charge is -2.11. The van der Waals surface area contributed by atoms with Gasteiger partial charge in [0, 0.05) is 6.04 Å². The third-order valence-electron chi connectivity index (χ3n) is 2.00. The predicted molar refractivity (Wildman–Crippen MR) is 56.3 cm³/mol. The van der Waals surface area contributed by atoms with Crippen LogP contribution in [0.1, 0.15) is 18.0 Å². The Bertz CT molecular complexity index is 304. The van der Waals surface area contributed by atoms with Crippen molar-refractivity contribution < 1.29 is 8.78 Å². The van der Waals surface area contributed by atoms with Gasteiger partial charge in [-0.05, 0) is 36.1 Å². The van der Waals surface area contributed by atoms with E-state index in [-0.39, 0.29) is 6.04 Å². The van der Waals surface area contributed by atoms with Gasteiger partial charge in [-0.25, -0.2) is 8.78 Å². The molecule has 0 heterocycles. The molecule has 1 aromatic carbocycles. The zero-order valence-corrected chi connectivity index (χ0v) is 8.78. The smallest absolute Gasteiger partial charge is 0.159 e. The van der Waals surface area contributed by atoms with Crippen molar-refractivity contribution >= 4 is 11.8 Å². The van der Waals surface area contributed by atoms with E-state index in [4.69, 9.17) is 5.73 Å². The summed E-state index contributed by atoms with van der Waals surface area (Å²) in [4.78, 5) is 0. The lowest BCUT2D eigenvalue weighted by atomic mass is 10.1. The van der Waals surface area contributed by atoms with Gasteiger partial charge in [-0.3, -0.25) is 0 Å². The molecular weight excluding hydrogens is 204 g/mol. The standard InChI is InChI=1S/C10H13F2NS/c1-14-5-4-10(13)7-2-3-8(11)9(12)6-7/h2-3,6,10H,4-5,13H2,1H3. The highest BCUT2D eigenvalue weighted by Gasteiger charge is 2.08. The second kappa shape index (κ2) is 5.32. The average molecular weight is 217 g/mol. The Morgan fingerprint density at radius 2 is 2.07 bits per heavy atom. The van der Waals surface area contributed by atoms with Crippen molar-refractivity contribution in [2.45, 2.75) is 12.5 Å². The average Bonchev–Trinajstić information content (AvgIpc) is 2.18. The first-order valence-electron chi connectivity index (χ1n) is 4.34. The molecular formula is C10H13F2NS. The Morgan fingerprint density at radius 3 is 2.64 bits per heavy atom. The van der Waals surface area contributed by atoms with E-state index in [2.05, 4.69) is 0 Å². The predicted octanol–water partition coefficient (Wildman–Crippen LogP) is 2.72. The first-order valence-corrected chi connectivity index (χ1v) is 5.74. The first kappa shape index (κ1) is 11.5. The van der Waals surface area contributed by atoms with Crippen molar-refractivity contribution in [2.24, 2.45) is 5.73 Å². The van der Waals surface area contributed by atoms with Crippen LogP contribution >= 0.6 is 11.8 Å². The number of hydrogen-bond donors (Lipinski definition) is 1. The van der Waals surface area contributed by atoms with Gasteiger partial charge >= 0.3 is 0 Å². The van der Waals surface area contributed by atoms with Crippen LogP contribution in [0.25, 0.3) is 0 Å². The molecule has 0 saturated carbocycles. The van der Waals surface area contributed by atoms with E-state index in [1.807, 2.05) is 6.26 Å². The maximum atomic E-state index is 12.8. The summed E-state index contributed by atoms with van der Waals surface area (Å²) in [6, 6.07) is 3.60. The molecule has 0 amide bonds. The van der Waals surface area contributed by atoms with Crippen LogP contribution in [0, 0.1) is 11.6 Å². The van der Waals surface area contributed by atoms with Crippen molar-refractivity contribution in [1.82, 2.24) is 0 Å². The molecule has 0 spiro atoms. The molecule has 0 saturated heterocycles. The normalized spacial score (nSPS) is 12.9. The Hall–Kier alpha value is -0.610. The molecule has 0 radical (unpaired) electrons. The molecule has 14 heavy (non-hydrogen) atoms. The molecule has 2 N–H and O–H groups in total. The highest BCUT2D eigenvalue weighted by atomic mass is 32.2. The molecule has 0 aromatic heterocycles. The monoisotopic (exact) mass is 217 g/mol. The van der Waals surface area contributed by atoms with Gasteiger partial charge in [0.05, 0.1) is 0 Å². The van der Waals surface area contributed by atoms with E-state index in [9.17, 15) is 8.78 Å². The molecule has 0 aliphatic rings. The molecule has 78 valence electrons. The lowest BCUT2D eigenvalue weighted by Crippen LogP contribution is -2.11. The molecule has 1 nitrogen and oxygen atoms in total. The number of halogens is 2. The Kier molecular flexibility index (Phi) is 4.35. The Balaban J connectivity index is 2.70. The second-order valence-corrected chi connectivity index (χ2v) is 4.05. The van der Waals surface area contributed by atoms with Crippen LogP contribution in [0.2, 0.25) is 0 Å². The second-order valence-electron chi connectivity index (χ2n) is 3.06. The molecule has 1 rings (SSSR count). The Labute approximate surface area is 86.7 Å². The largest absolute Gasteiger partial charge is 0.324 e. The van der Waals surface area contributed by atoms with Gasteiger partial charge in [0.1, 0.15) is 0 Å². The fraction of sp³-hybridized carbons (Fsp3) is 0.400. The maximum Gasteiger partial charge on any atom is 0.159 e. The van der Waals surface area contributed by atoms with E-state index in [1.54, 1.807) is 11.8 Å². The summed E-state index contributed by atoms with van der Waals surface area (Å²) < 4.78 is 25.4. The SMILES string of the molecule is CSCCC(N)c1ccc(F)c(F)c1. The summed E-state index contributed by atoms with van der Waals surface area (Å²) in [5.41, 5.74) is 6.45. The molecule has 0 aliphatic carbocycles. The highest BCUT2D eigenvalue weighted by molar-refractivity contribution is 7.98. The highest BCUT2D eigenvalue weighted by Crippen LogP contribution is 2.18. The van der Waals surface area contributed by atoms with Crippen molar-refractivity contribution in [3.63, 3.8) is 0 Å². The Morgan fingerprint density at radius 1 is 1.36 bits per heavy atom. The summed E-state index contributed by atoms with van der Waals surface area (Å²) >= 11 is 1.68. The van der Waals surface area contributed by atoms with Crippen LogP contribution in [0.3, 0.4) is 0 Å². The minimum atomic E-state index is -0.831. The first-order chi connectivity index (χ1) is 6.65. The van der Waals surface area contributed by atoms with Gasteiger partial charge in [-0.15, -0.1) is 0 Å². The van der Waals surface area contributed by atoms with Gasteiger partial charge in [-0.1, -0.05) is 6.07 Å². The number of rotatable bonds is 4. The third kappa shape index (κ3) is 2.96. The minimum absolute atomic E-state index is 0.211. The lowest BCUT2D eigenvalue weighted by molar-refractivity contribution is 0.505. The van der Waals surface area contributed by atoms with Gasteiger partial charge in [0.15, 0.2) is 11.6 Å². The van der Waals surface area contributed by atoms with Crippen LogP contribution in [-0.4, -0.2) is 12.0 Å². The molecule has 0 fully saturated rings. The minimum Gasteiger partial charge on any atom is -0.324 e. The summed E-state index contributed by atoms with van der Waals surface area (Å²) in [6.45, 7) is 0. The summed E-state index contributed by atoms with van der Waals surface area (Å²) in [5, 5.41) is 0. The van der Waals surface area contributed by atoms with Crippen LogP contribution < -0.4 is 5.73 Å². The van der Waals surface area contributed by atoms with Crippen LogP contribution in [0.5, 0.6) is 0 Å². The summed E-state index contributed by atoms with van der Waals surface area (Å²) in [7, 11) is 0. The van der Waals surface area contributed by atoms with E-state index in [0.29, 0.717) is 5.56 Å². The van der Waals surface area contributed by atoms with Crippen LogP contribution in [0.15, 0.2) is 18.2 Å². The molecule has 1 unspecified atom stereocenters. The van der Waals surface area contributed by atoms with Crippen molar-refractivity contribution in [2.75, 3.05) is 12.0 Å². The van der Waals surface area contributed by atoms with Crippen molar-refractivity contribution in [1.29, 1.82) is 0 Å². The zero-order valence-electron chi connectivity index (χ0n) is 7.97. The number of benzene rings is 1. The van der Waals surface area contributed by atoms with E-state index < -0.39 is 11.6 Å². The van der Waals surface area contributed by atoms with E-state index in [0.717, 1.165) is 18.2 Å². The molecule has 0 bridgehead atoms. The van der Waals surface area contributed by atoms with Gasteiger partial charge < -0.3 is 5.73 Å². The van der Waals surface area contributed by atoms with Gasteiger partial charge in [0.2, 0.25) is 0 Å². The topological polar surface area (TPSA) is 26.0 Å². The zero-order chi connectivity index (χ0) is 10.6. The molecule has 0 aliphatic heterocycles. The fourth-order valence-electron chi connectivity index (χ4n) is 1.15. The maximum absolute atomic E-state index is 12.8. The van der Waals surface area contributed by atoms with Gasteiger partial charge in [0.25, 0.3) is 0 Å². The number of hydrogen-bond acceptors (Lipinski definition) is 2. The van der Waals surface area contributed by atoms with E-state index >= 15 is 0 Å². The van der Waals surface area contributed by atoms with Gasteiger partial charge in [-0.2, -0.15) is 11.8 Å². The molecule has 4 heteroatoms. The summed E-state index contributed by atoms with van der Waals surface area (Å²) in [6.07, 6.45) is 2.75.